The van der Waals surface area contributed by atoms with Crippen molar-refractivity contribution in [3.63, 3.8) is 0 Å². The summed E-state index contributed by atoms with van der Waals surface area (Å²) in [5, 5.41) is 0. The monoisotopic (exact) mass is 289 g/mol. The number of likely N-dealkylation sites (N-methyl/N-ethyl adjacent to an activating group) is 1. The molecule has 0 radical (unpaired) electrons. The number of hydrogen-bond donors (Lipinski definition) is 0. The lowest BCUT2D eigenvalue weighted by atomic mass is 10.2. The molecule has 0 aliphatic carbocycles. The van der Waals surface area contributed by atoms with Crippen molar-refractivity contribution in [3.05, 3.63) is 34.8 Å². The molecule has 1 fully saturated rings. The van der Waals surface area contributed by atoms with Crippen molar-refractivity contribution in [3.8, 4) is 0 Å². The SMILES string of the molecule is C[C@@H]1CN(C)CCN1CCCn1c(=O)oc2ccccc21. The zero-order chi connectivity index (χ0) is 14.8. The van der Waals surface area contributed by atoms with Crippen LogP contribution in [-0.2, 0) is 6.54 Å². The predicted octanol–water partition coefficient (Wildman–Crippen LogP) is 1.62. The second-order valence-corrected chi connectivity index (χ2v) is 5.99. The van der Waals surface area contributed by atoms with E-state index < -0.39 is 0 Å². The summed E-state index contributed by atoms with van der Waals surface area (Å²) in [6.45, 7) is 7.37. The number of oxazole rings is 1. The Hall–Kier alpha value is -1.59. The highest BCUT2D eigenvalue weighted by molar-refractivity contribution is 5.72. The molecule has 1 aliphatic heterocycles. The molecule has 1 aliphatic rings. The van der Waals surface area contributed by atoms with Gasteiger partial charge in [-0.25, -0.2) is 4.79 Å². The summed E-state index contributed by atoms with van der Waals surface area (Å²) in [7, 11) is 2.17. The summed E-state index contributed by atoms with van der Waals surface area (Å²) in [6, 6.07) is 8.20. The largest absolute Gasteiger partial charge is 0.419 e. The zero-order valence-corrected chi connectivity index (χ0v) is 12.8. The highest BCUT2D eigenvalue weighted by Gasteiger charge is 2.20. The quantitative estimate of drug-likeness (QED) is 0.858. The van der Waals surface area contributed by atoms with Crippen LogP contribution in [0.4, 0.5) is 0 Å². The molecule has 0 amide bonds. The van der Waals surface area contributed by atoms with Crippen LogP contribution in [0.25, 0.3) is 11.1 Å². The Morgan fingerprint density at radius 2 is 2.05 bits per heavy atom. The third-order valence-corrected chi connectivity index (χ3v) is 4.37. The van der Waals surface area contributed by atoms with Crippen LogP contribution in [0.5, 0.6) is 0 Å². The van der Waals surface area contributed by atoms with Crippen molar-refractivity contribution in [1.29, 1.82) is 0 Å². The Kier molecular flexibility index (Phi) is 4.12. The minimum Gasteiger partial charge on any atom is -0.408 e. The zero-order valence-electron chi connectivity index (χ0n) is 12.8. The fourth-order valence-electron chi connectivity index (χ4n) is 3.17. The van der Waals surface area contributed by atoms with E-state index in [0.29, 0.717) is 11.6 Å². The average molecular weight is 289 g/mol. The maximum absolute atomic E-state index is 11.9. The Bertz CT molecular complexity index is 661. The summed E-state index contributed by atoms with van der Waals surface area (Å²) in [5.41, 5.74) is 1.57. The fraction of sp³-hybridized carbons (Fsp3) is 0.562. The number of aryl methyl sites for hydroxylation is 1. The van der Waals surface area contributed by atoms with Crippen LogP contribution in [0, 0.1) is 0 Å². The van der Waals surface area contributed by atoms with Gasteiger partial charge >= 0.3 is 5.76 Å². The van der Waals surface area contributed by atoms with Crippen molar-refractivity contribution in [2.75, 3.05) is 33.2 Å². The standard InChI is InChI=1S/C16H23N3O2/c1-13-12-17(2)10-11-18(13)8-5-9-19-14-6-3-4-7-15(14)21-16(19)20/h3-4,6-7,13H,5,8-12H2,1-2H3/t13-/m1/s1. The van der Waals surface area contributed by atoms with Gasteiger partial charge in [-0.3, -0.25) is 9.47 Å². The van der Waals surface area contributed by atoms with Crippen molar-refractivity contribution in [2.45, 2.75) is 25.9 Å². The van der Waals surface area contributed by atoms with Gasteiger partial charge in [0.25, 0.3) is 0 Å². The Morgan fingerprint density at radius 1 is 1.24 bits per heavy atom. The third-order valence-electron chi connectivity index (χ3n) is 4.37. The van der Waals surface area contributed by atoms with Gasteiger partial charge in [-0.2, -0.15) is 0 Å². The van der Waals surface area contributed by atoms with Crippen LogP contribution in [0.2, 0.25) is 0 Å². The molecule has 0 N–H and O–H groups in total. The molecule has 1 aromatic heterocycles. The molecule has 5 heteroatoms. The summed E-state index contributed by atoms with van der Waals surface area (Å²) in [5.74, 6) is -0.248. The molecule has 1 aromatic carbocycles. The molecule has 5 nitrogen and oxygen atoms in total. The van der Waals surface area contributed by atoms with Gasteiger partial charge in [-0.1, -0.05) is 12.1 Å². The maximum atomic E-state index is 11.9. The van der Waals surface area contributed by atoms with Gasteiger partial charge in [0.15, 0.2) is 5.58 Å². The van der Waals surface area contributed by atoms with Crippen LogP contribution in [0.1, 0.15) is 13.3 Å². The molecule has 2 heterocycles. The first kappa shape index (κ1) is 14.4. The summed E-state index contributed by atoms with van der Waals surface area (Å²) < 4.78 is 7.01. The number of fused-ring (bicyclic) bond motifs is 1. The van der Waals surface area contributed by atoms with Gasteiger partial charge in [0.2, 0.25) is 0 Å². The highest BCUT2D eigenvalue weighted by Crippen LogP contribution is 2.13. The number of para-hydroxylation sites is 2. The molecule has 3 rings (SSSR count). The number of benzene rings is 1. The highest BCUT2D eigenvalue weighted by atomic mass is 16.4. The summed E-state index contributed by atoms with van der Waals surface area (Å²) >= 11 is 0. The average Bonchev–Trinajstić information content (AvgIpc) is 2.77. The molecule has 0 spiro atoms. The van der Waals surface area contributed by atoms with E-state index in [9.17, 15) is 4.79 Å². The number of aromatic nitrogens is 1. The van der Waals surface area contributed by atoms with Crippen LogP contribution >= 0.6 is 0 Å². The molecule has 0 unspecified atom stereocenters. The van der Waals surface area contributed by atoms with Crippen molar-refractivity contribution < 1.29 is 4.42 Å². The molecular formula is C16H23N3O2. The number of rotatable bonds is 4. The first-order chi connectivity index (χ1) is 10.1. The fourth-order valence-corrected chi connectivity index (χ4v) is 3.17. The second kappa shape index (κ2) is 6.03. The van der Waals surface area contributed by atoms with E-state index in [-0.39, 0.29) is 5.76 Å². The van der Waals surface area contributed by atoms with Gasteiger partial charge < -0.3 is 9.32 Å². The van der Waals surface area contributed by atoms with E-state index in [1.54, 1.807) is 4.57 Å². The van der Waals surface area contributed by atoms with Gasteiger partial charge in [-0.15, -0.1) is 0 Å². The van der Waals surface area contributed by atoms with E-state index in [2.05, 4.69) is 23.8 Å². The molecule has 0 saturated carbocycles. The molecule has 0 bridgehead atoms. The number of nitrogens with zero attached hydrogens (tertiary/aromatic N) is 3. The molecule has 114 valence electrons. The van der Waals surface area contributed by atoms with E-state index in [0.717, 1.165) is 44.7 Å². The summed E-state index contributed by atoms with van der Waals surface area (Å²) in [6.07, 6.45) is 0.970. The number of piperazine rings is 1. The van der Waals surface area contributed by atoms with Crippen molar-refractivity contribution in [1.82, 2.24) is 14.4 Å². The van der Waals surface area contributed by atoms with Crippen LogP contribution < -0.4 is 5.76 Å². The lowest BCUT2D eigenvalue weighted by molar-refractivity contribution is 0.0979. The molecule has 2 aromatic rings. The maximum Gasteiger partial charge on any atom is 0.419 e. The predicted molar refractivity (Wildman–Crippen MR) is 83.6 cm³/mol. The van der Waals surface area contributed by atoms with Gasteiger partial charge in [0.05, 0.1) is 5.52 Å². The van der Waals surface area contributed by atoms with Crippen LogP contribution in [0.3, 0.4) is 0 Å². The van der Waals surface area contributed by atoms with Gasteiger partial charge in [0.1, 0.15) is 0 Å². The minimum absolute atomic E-state index is 0.248. The van der Waals surface area contributed by atoms with Gasteiger partial charge in [-0.05, 0) is 32.5 Å². The lowest BCUT2D eigenvalue weighted by Crippen LogP contribution is -2.50. The first-order valence-corrected chi connectivity index (χ1v) is 7.66. The molecule has 21 heavy (non-hydrogen) atoms. The smallest absolute Gasteiger partial charge is 0.408 e. The normalized spacial score (nSPS) is 21.1. The Labute approximate surface area is 124 Å². The van der Waals surface area contributed by atoms with E-state index in [4.69, 9.17) is 4.42 Å². The van der Waals surface area contributed by atoms with Crippen molar-refractivity contribution in [2.24, 2.45) is 0 Å². The van der Waals surface area contributed by atoms with Crippen LogP contribution in [0.15, 0.2) is 33.5 Å². The molecular weight excluding hydrogens is 266 g/mol. The van der Waals surface area contributed by atoms with Gasteiger partial charge in [0, 0.05) is 38.8 Å². The Morgan fingerprint density at radius 3 is 2.86 bits per heavy atom. The van der Waals surface area contributed by atoms with E-state index in [1.165, 1.54) is 0 Å². The van der Waals surface area contributed by atoms with E-state index in [1.807, 2.05) is 24.3 Å². The molecule has 1 saturated heterocycles. The molecule has 1 atom stereocenters. The minimum atomic E-state index is -0.248. The van der Waals surface area contributed by atoms with Crippen LogP contribution in [-0.4, -0.2) is 53.6 Å². The number of hydrogen-bond acceptors (Lipinski definition) is 4. The topological polar surface area (TPSA) is 41.6 Å². The summed E-state index contributed by atoms with van der Waals surface area (Å²) in [4.78, 5) is 16.8. The lowest BCUT2D eigenvalue weighted by Gasteiger charge is -2.38. The first-order valence-electron chi connectivity index (χ1n) is 7.66. The van der Waals surface area contributed by atoms with Crippen molar-refractivity contribution >= 4 is 11.1 Å². The third kappa shape index (κ3) is 3.04. The second-order valence-electron chi connectivity index (χ2n) is 5.99. The van der Waals surface area contributed by atoms with E-state index >= 15 is 0 Å². The Balaban J connectivity index is 1.62.